The van der Waals surface area contributed by atoms with E-state index in [0.29, 0.717) is 12.8 Å². The molecular formula is C28H46NO12P. The van der Waals surface area contributed by atoms with E-state index in [1.54, 1.807) is 0 Å². The van der Waals surface area contributed by atoms with Gasteiger partial charge in [-0.1, -0.05) is 65.2 Å². The first-order valence-corrected chi connectivity index (χ1v) is 15.9. The van der Waals surface area contributed by atoms with Gasteiger partial charge in [-0.05, 0) is 25.0 Å². The van der Waals surface area contributed by atoms with Gasteiger partial charge >= 0.3 is 25.4 Å². The third-order valence-electron chi connectivity index (χ3n) is 6.29. The second kappa shape index (κ2) is 21.0. The minimum atomic E-state index is -4.78. The number of unbranched alkanes of at least 4 members (excludes halogenated alkanes) is 8. The van der Waals surface area contributed by atoms with Crippen LogP contribution in [-0.2, 0) is 39.3 Å². The van der Waals surface area contributed by atoms with Gasteiger partial charge in [0.1, 0.15) is 6.61 Å². The van der Waals surface area contributed by atoms with E-state index in [4.69, 9.17) is 28.0 Å². The maximum absolute atomic E-state index is 12.6. The smallest absolute Gasteiger partial charge is 0.472 e. The topological polar surface area (TPSA) is 170 Å². The van der Waals surface area contributed by atoms with Crippen molar-refractivity contribution in [1.82, 2.24) is 0 Å². The molecule has 2 atom stereocenters. The number of phosphoric acid groups is 1. The predicted molar refractivity (Wildman–Crippen MR) is 154 cm³/mol. The second-order valence-electron chi connectivity index (χ2n) is 9.73. The quantitative estimate of drug-likeness (QED) is 0.0443. The third kappa shape index (κ3) is 14.9. The molecule has 0 aliphatic carbocycles. The molecule has 0 amide bonds. The fourth-order valence-electron chi connectivity index (χ4n) is 4.00. The first-order valence-electron chi connectivity index (χ1n) is 14.4. The number of nitrogens with zero attached hydrogens (tertiary/aromatic N) is 1. The Morgan fingerprint density at radius 1 is 0.881 bits per heavy atom. The zero-order valence-electron chi connectivity index (χ0n) is 25.2. The van der Waals surface area contributed by atoms with Gasteiger partial charge in [0, 0.05) is 12.8 Å². The number of esters is 2. The summed E-state index contributed by atoms with van der Waals surface area (Å²) in [4.78, 5) is 45.7. The summed E-state index contributed by atoms with van der Waals surface area (Å²) < 4.78 is 43.4. The summed E-state index contributed by atoms with van der Waals surface area (Å²) in [5.74, 6) is -1.10. The second-order valence-corrected chi connectivity index (χ2v) is 11.2. The van der Waals surface area contributed by atoms with Crippen molar-refractivity contribution in [1.29, 1.82) is 0 Å². The summed E-state index contributed by atoms with van der Waals surface area (Å²) in [7, 11) is -2.25. The van der Waals surface area contributed by atoms with Crippen LogP contribution in [-0.4, -0.2) is 55.3 Å². The van der Waals surface area contributed by atoms with Crippen molar-refractivity contribution in [3.63, 3.8) is 0 Å². The molecule has 0 aliphatic heterocycles. The minimum absolute atomic E-state index is 0.0607. The van der Waals surface area contributed by atoms with Crippen molar-refractivity contribution in [3.8, 4) is 11.5 Å². The van der Waals surface area contributed by atoms with Gasteiger partial charge in [-0.3, -0.25) is 28.8 Å². The molecule has 0 radical (unpaired) electrons. The first-order chi connectivity index (χ1) is 20.1. The fourth-order valence-corrected chi connectivity index (χ4v) is 4.73. The summed E-state index contributed by atoms with van der Waals surface area (Å²) in [5, 5.41) is 11.6. The van der Waals surface area contributed by atoms with Crippen LogP contribution in [0.3, 0.4) is 0 Å². The normalized spacial score (nSPS) is 13.2. The highest BCUT2D eigenvalue weighted by molar-refractivity contribution is 7.47. The molecule has 0 aliphatic rings. The van der Waals surface area contributed by atoms with Gasteiger partial charge in [0.2, 0.25) is 5.75 Å². The van der Waals surface area contributed by atoms with Crippen LogP contribution in [0.25, 0.3) is 0 Å². The Hall–Kier alpha value is -2.73. The molecule has 0 bridgehead atoms. The van der Waals surface area contributed by atoms with Crippen molar-refractivity contribution in [2.75, 3.05) is 27.4 Å². The van der Waals surface area contributed by atoms with E-state index < -0.39 is 49.7 Å². The molecule has 0 fully saturated rings. The van der Waals surface area contributed by atoms with Gasteiger partial charge in [0.15, 0.2) is 11.9 Å². The van der Waals surface area contributed by atoms with Gasteiger partial charge in [0.25, 0.3) is 0 Å². The van der Waals surface area contributed by atoms with Crippen molar-refractivity contribution in [2.24, 2.45) is 0 Å². The van der Waals surface area contributed by atoms with E-state index in [9.17, 15) is 29.2 Å². The number of benzene rings is 1. The molecule has 1 N–H and O–H groups in total. The molecule has 1 aromatic rings. The Balaban J connectivity index is 2.80. The van der Waals surface area contributed by atoms with Crippen LogP contribution in [0.15, 0.2) is 12.1 Å². The van der Waals surface area contributed by atoms with E-state index in [0.717, 1.165) is 51.4 Å². The lowest BCUT2D eigenvalue weighted by Gasteiger charge is -2.20. The number of rotatable bonds is 24. The monoisotopic (exact) mass is 619 g/mol. The Bertz CT molecular complexity index is 1020. The fraction of sp³-hybridized carbons (Fsp3) is 0.714. The average molecular weight is 620 g/mol. The van der Waals surface area contributed by atoms with Crippen molar-refractivity contribution < 1.29 is 52.0 Å². The maximum Gasteiger partial charge on any atom is 0.472 e. The molecule has 1 rings (SSSR count). The van der Waals surface area contributed by atoms with Gasteiger partial charge in [-0.2, -0.15) is 0 Å². The summed E-state index contributed by atoms with van der Waals surface area (Å²) in [6, 6.07) is 2.69. The Kier molecular flexibility index (Phi) is 18.7. The maximum atomic E-state index is 12.6. The Morgan fingerprint density at radius 3 is 2.02 bits per heavy atom. The number of hydrogen-bond acceptors (Lipinski definition) is 11. The van der Waals surface area contributed by atoms with Crippen LogP contribution in [0, 0.1) is 10.1 Å². The Labute approximate surface area is 247 Å². The molecule has 13 nitrogen and oxygen atoms in total. The number of hydrogen-bond donors (Lipinski definition) is 1. The number of carbonyl (C=O) groups is 2. The molecule has 1 aromatic carbocycles. The molecule has 0 spiro atoms. The zero-order valence-corrected chi connectivity index (χ0v) is 26.1. The van der Waals surface area contributed by atoms with Gasteiger partial charge in [-0.25, -0.2) is 4.57 Å². The van der Waals surface area contributed by atoms with E-state index in [1.807, 2.05) is 0 Å². The SMILES string of the molecule is CCCCCCCC(=O)OC[C@H](COP(=O)(O)OCc1ccc(OC)c(OC)c1[N+](=O)[O-])OC(=O)CCCCCCC. The number of nitro benzene ring substituents is 1. The van der Waals surface area contributed by atoms with Crippen molar-refractivity contribution >= 4 is 25.4 Å². The van der Waals surface area contributed by atoms with Crippen molar-refractivity contribution in [3.05, 3.63) is 27.8 Å². The average Bonchev–Trinajstić information content (AvgIpc) is 2.96. The predicted octanol–water partition coefficient (Wildman–Crippen LogP) is 6.42. The van der Waals surface area contributed by atoms with Gasteiger partial charge in [-0.15, -0.1) is 0 Å². The highest BCUT2D eigenvalue weighted by Crippen LogP contribution is 2.46. The highest BCUT2D eigenvalue weighted by atomic mass is 31.2. The largest absolute Gasteiger partial charge is 0.493 e. The van der Waals surface area contributed by atoms with Crippen molar-refractivity contribution in [2.45, 2.75) is 104 Å². The van der Waals surface area contributed by atoms with Crippen LogP contribution >= 0.6 is 7.82 Å². The summed E-state index contributed by atoms with van der Waals surface area (Å²) >= 11 is 0. The minimum Gasteiger partial charge on any atom is -0.493 e. The molecule has 1 unspecified atom stereocenters. The number of ether oxygens (including phenoxy) is 4. The van der Waals surface area contributed by atoms with Crippen LogP contribution in [0.1, 0.15) is 96.5 Å². The molecule has 14 heteroatoms. The van der Waals surface area contributed by atoms with E-state index in [-0.39, 0.29) is 36.5 Å². The summed E-state index contributed by atoms with van der Waals surface area (Å²) in [6.45, 7) is 2.55. The molecule has 0 aromatic heterocycles. The number of phosphoric ester groups is 1. The van der Waals surface area contributed by atoms with Gasteiger partial charge < -0.3 is 23.8 Å². The lowest BCUT2D eigenvalue weighted by atomic mass is 10.1. The van der Waals surface area contributed by atoms with Crippen LogP contribution in [0.5, 0.6) is 11.5 Å². The lowest BCUT2D eigenvalue weighted by Crippen LogP contribution is -2.29. The molecule has 0 heterocycles. The summed E-state index contributed by atoms with van der Waals surface area (Å²) in [5.41, 5.74) is -0.557. The van der Waals surface area contributed by atoms with Crippen LogP contribution in [0.2, 0.25) is 0 Å². The van der Waals surface area contributed by atoms with Crippen LogP contribution in [0.4, 0.5) is 5.69 Å². The lowest BCUT2D eigenvalue weighted by molar-refractivity contribution is -0.386. The molecule has 0 saturated heterocycles. The standard InChI is InChI=1S/C28H46NO12P/c1-5-7-9-11-13-15-25(30)38-20-23(41-26(31)16-14-12-10-8-6-2)21-40-42(34,35)39-19-22-17-18-24(36-3)28(37-4)27(22)29(32)33/h17-18,23H,5-16,19-21H2,1-4H3,(H,34,35)/t23-/m1/s1. The number of carbonyl (C=O) groups excluding carboxylic acids is 2. The molecular weight excluding hydrogens is 573 g/mol. The van der Waals surface area contributed by atoms with Crippen LogP contribution < -0.4 is 9.47 Å². The first kappa shape index (κ1) is 37.3. The highest BCUT2D eigenvalue weighted by Gasteiger charge is 2.30. The summed E-state index contributed by atoms with van der Waals surface area (Å²) in [6.07, 6.45) is 8.55. The number of nitro groups is 1. The zero-order chi connectivity index (χ0) is 31.4. The molecule has 240 valence electrons. The third-order valence-corrected chi connectivity index (χ3v) is 7.22. The number of methoxy groups -OCH3 is 2. The molecule has 42 heavy (non-hydrogen) atoms. The Morgan fingerprint density at radius 2 is 1.48 bits per heavy atom. The van der Waals surface area contributed by atoms with Gasteiger partial charge in [0.05, 0.1) is 37.9 Å². The van der Waals surface area contributed by atoms with E-state index >= 15 is 0 Å². The molecule has 0 saturated carbocycles. The van der Waals surface area contributed by atoms with E-state index in [2.05, 4.69) is 13.8 Å². The van der Waals surface area contributed by atoms with E-state index in [1.165, 1.54) is 26.4 Å².